The van der Waals surface area contributed by atoms with Crippen LogP contribution in [0.25, 0.3) is 0 Å². The second kappa shape index (κ2) is 7.00. The van der Waals surface area contributed by atoms with Gasteiger partial charge < -0.3 is 14.9 Å². The van der Waals surface area contributed by atoms with Crippen LogP contribution in [0.2, 0.25) is 0 Å². The minimum Gasteiger partial charge on any atom is -0.383 e. The molecule has 0 atom stereocenters. The fourth-order valence-electron chi connectivity index (χ4n) is 3.82. The predicted octanol–water partition coefficient (Wildman–Crippen LogP) is 1.58. The summed E-state index contributed by atoms with van der Waals surface area (Å²) < 4.78 is 0. The molecule has 6 heteroatoms. The van der Waals surface area contributed by atoms with Gasteiger partial charge in [-0.3, -0.25) is 4.90 Å². The van der Waals surface area contributed by atoms with Gasteiger partial charge >= 0.3 is 0 Å². The maximum absolute atomic E-state index is 11.1. The molecule has 2 saturated heterocycles. The van der Waals surface area contributed by atoms with Gasteiger partial charge in [0.1, 0.15) is 10.6 Å². The third kappa shape index (κ3) is 3.99. The average molecular weight is 351 g/mol. The third-order valence-electron chi connectivity index (χ3n) is 5.88. The van der Waals surface area contributed by atoms with Gasteiger partial charge in [-0.1, -0.05) is 0 Å². The first-order valence-electron chi connectivity index (χ1n) is 9.41. The molecule has 4 rings (SSSR count). The maximum Gasteiger partial charge on any atom is 0.110 e. The van der Waals surface area contributed by atoms with Crippen molar-refractivity contribution in [2.24, 2.45) is 5.92 Å². The monoisotopic (exact) mass is 350 g/mol. The number of aromatic nitrogens is 1. The van der Waals surface area contributed by atoms with Crippen molar-refractivity contribution < 1.29 is 5.11 Å². The van der Waals surface area contributed by atoms with Crippen molar-refractivity contribution in [1.29, 1.82) is 0 Å². The molecule has 0 bridgehead atoms. The van der Waals surface area contributed by atoms with E-state index >= 15 is 0 Å². The summed E-state index contributed by atoms with van der Waals surface area (Å²) in [7, 11) is 2.18. The van der Waals surface area contributed by atoms with E-state index < -0.39 is 5.60 Å². The zero-order valence-corrected chi connectivity index (χ0v) is 15.6. The summed E-state index contributed by atoms with van der Waals surface area (Å²) in [6, 6.07) is 0. The second-order valence-corrected chi connectivity index (χ2v) is 8.92. The summed E-state index contributed by atoms with van der Waals surface area (Å²) >= 11 is 1.72. The zero-order valence-electron chi connectivity index (χ0n) is 14.8. The lowest BCUT2D eigenvalue weighted by molar-refractivity contribution is -0.0298. The van der Waals surface area contributed by atoms with Crippen molar-refractivity contribution in [3.05, 3.63) is 16.1 Å². The molecule has 2 aliphatic heterocycles. The van der Waals surface area contributed by atoms with Gasteiger partial charge in [-0.2, -0.15) is 0 Å². The van der Waals surface area contributed by atoms with Gasteiger partial charge in [-0.25, -0.2) is 4.98 Å². The molecule has 1 aromatic heterocycles. The molecule has 1 saturated carbocycles. The molecular formula is C18H30N4OS. The highest BCUT2D eigenvalue weighted by atomic mass is 32.1. The minimum atomic E-state index is -0.698. The number of likely N-dealkylation sites (N-methyl/N-ethyl adjacent to an activating group) is 1. The van der Waals surface area contributed by atoms with Gasteiger partial charge in [0.05, 0.1) is 12.2 Å². The molecule has 3 heterocycles. The van der Waals surface area contributed by atoms with Crippen LogP contribution in [0.5, 0.6) is 0 Å². The maximum atomic E-state index is 11.1. The molecule has 0 radical (unpaired) electrons. The molecule has 3 aliphatic rings. The van der Waals surface area contributed by atoms with E-state index in [9.17, 15) is 5.11 Å². The number of hydrogen-bond donors (Lipinski definition) is 1. The SMILES string of the molecule is CN1CCN(Cc2nc(C3(O)CCN(CC4CC4)CC3)cs2)CC1. The Labute approximate surface area is 149 Å². The molecule has 24 heavy (non-hydrogen) atoms. The van der Waals surface area contributed by atoms with Crippen LogP contribution in [0.3, 0.4) is 0 Å². The lowest BCUT2D eigenvalue weighted by atomic mass is 9.88. The Bertz CT molecular complexity index is 543. The Morgan fingerprint density at radius 3 is 2.50 bits per heavy atom. The number of piperazine rings is 1. The fourth-order valence-corrected chi connectivity index (χ4v) is 4.75. The van der Waals surface area contributed by atoms with E-state index in [2.05, 4.69) is 27.1 Å². The smallest absolute Gasteiger partial charge is 0.110 e. The van der Waals surface area contributed by atoms with Crippen molar-refractivity contribution in [2.45, 2.75) is 37.8 Å². The van der Waals surface area contributed by atoms with Gasteiger partial charge in [0.15, 0.2) is 0 Å². The number of hydrogen-bond acceptors (Lipinski definition) is 6. The van der Waals surface area contributed by atoms with E-state index in [0.29, 0.717) is 0 Å². The first kappa shape index (κ1) is 16.9. The molecule has 0 amide bonds. The zero-order chi connectivity index (χ0) is 16.6. The molecule has 134 valence electrons. The van der Waals surface area contributed by atoms with Crippen LogP contribution in [0, 0.1) is 5.92 Å². The van der Waals surface area contributed by atoms with Crippen molar-refractivity contribution in [3.63, 3.8) is 0 Å². The van der Waals surface area contributed by atoms with Gasteiger partial charge in [0.25, 0.3) is 0 Å². The Morgan fingerprint density at radius 1 is 1.12 bits per heavy atom. The third-order valence-corrected chi connectivity index (χ3v) is 6.71. The first-order valence-corrected chi connectivity index (χ1v) is 10.3. The van der Waals surface area contributed by atoms with E-state index in [1.807, 2.05) is 0 Å². The van der Waals surface area contributed by atoms with E-state index in [1.165, 1.54) is 19.4 Å². The van der Waals surface area contributed by atoms with Crippen molar-refractivity contribution in [1.82, 2.24) is 19.7 Å². The van der Waals surface area contributed by atoms with Crippen LogP contribution in [0.15, 0.2) is 5.38 Å². The first-order chi connectivity index (χ1) is 11.6. The summed E-state index contributed by atoms with van der Waals surface area (Å²) in [4.78, 5) is 12.2. The minimum absolute atomic E-state index is 0.698. The Morgan fingerprint density at radius 2 is 1.83 bits per heavy atom. The molecule has 0 unspecified atom stereocenters. The quantitative estimate of drug-likeness (QED) is 0.873. The van der Waals surface area contributed by atoms with Crippen LogP contribution < -0.4 is 0 Å². The van der Waals surface area contributed by atoms with Crippen molar-refractivity contribution in [3.8, 4) is 0 Å². The summed E-state index contributed by atoms with van der Waals surface area (Å²) in [5, 5.41) is 14.3. The summed E-state index contributed by atoms with van der Waals surface area (Å²) in [6.45, 7) is 8.70. The summed E-state index contributed by atoms with van der Waals surface area (Å²) in [6.07, 6.45) is 4.47. The van der Waals surface area contributed by atoms with Crippen LogP contribution >= 0.6 is 11.3 Å². The van der Waals surface area contributed by atoms with Crippen molar-refractivity contribution in [2.75, 3.05) is 52.9 Å². The highest BCUT2D eigenvalue weighted by molar-refractivity contribution is 7.09. The summed E-state index contributed by atoms with van der Waals surface area (Å²) in [5.41, 5.74) is 0.222. The molecule has 0 aromatic carbocycles. The van der Waals surface area contributed by atoms with E-state index in [4.69, 9.17) is 4.98 Å². The lowest BCUT2D eigenvalue weighted by Crippen LogP contribution is -2.44. The number of nitrogens with zero attached hydrogens (tertiary/aromatic N) is 4. The number of thiazole rings is 1. The van der Waals surface area contributed by atoms with E-state index in [-0.39, 0.29) is 0 Å². The van der Waals surface area contributed by atoms with Crippen molar-refractivity contribution >= 4 is 11.3 Å². The standard InChI is InChI=1S/C18H30N4OS/c1-20-8-10-22(11-9-20)13-17-19-16(14-24-17)18(23)4-6-21(7-5-18)12-15-2-3-15/h14-15,23H,2-13H2,1H3. The van der Waals surface area contributed by atoms with Crippen LogP contribution in [0.1, 0.15) is 36.4 Å². The highest BCUT2D eigenvalue weighted by Crippen LogP contribution is 2.36. The van der Waals surface area contributed by atoms with Gasteiger partial charge in [-0.15, -0.1) is 11.3 Å². The van der Waals surface area contributed by atoms with Crippen LogP contribution in [0.4, 0.5) is 0 Å². The Balaban J connectivity index is 1.32. The summed E-state index contributed by atoms with van der Waals surface area (Å²) in [5.74, 6) is 0.936. The molecule has 1 aromatic rings. The molecule has 1 aliphatic carbocycles. The Kier molecular flexibility index (Phi) is 4.93. The van der Waals surface area contributed by atoms with Gasteiger partial charge in [0.2, 0.25) is 0 Å². The number of likely N-dealkylation sites (tertiary alicyclic amines) is 1. The molecule has 5 nitrogen and oxygen atoms in total. The molecule has 3 fully saturated rings. The van der Waals surface area contributed by atoms with E-state index in [0.717, 1.165) is 75.3 Å². The van der Waals surface area contributed by atoms with E-state index in [1.54, 1.807) is 11.3 Å². The Hall–Kier alpha value is -0.530. The highest BCUT2D eigenvalue weighted by Gasteiger charge is 2.37. The topological polar surface area (TPSA) is 42.8 Å². The number of rotatable bonds is 5. The second-order valence-electron chi connectivity index (χ2n) is 7.98. The number of aliphatic hydroxyl groups is 1. The molecular weight excluding hydrogens is 320 g/mol. The van der Waals surface area contributed by atoms with Crippen LogP contribution in [-0.4, -0.2) is 77.7 Å². The van der Waals surface area contributed by atoms with Crippen LogP contribution in [-0.2, 0) is 12.1 Å². The average Bonchev–Trinajstić information content (AvgIpc) is 3.27. The van der Waals surface area contributed by atoms with Gasteiger partial charge in [-0.05, 0) is 38.6 Å². The lowest BCUT2D eigenvalue weighted by Gasteiger charge is -2.37. The largest absolute Gasteiger partial charge is 0.383 e. The molecule has 0 spiro atoms. The number of piperidine rings is 1. The predicted molar refractivity (Wildman–Crippen MR) is 97.2 cm³/mol. The van der Waals surface area contributed by atoms with Gasteiger partial charge in [0, 0.05) is 51.2 Å². The molecule has 1 N–H and O–H groups in total. The normalized spacial score (nSPS) is 26.8. The fraction of sp³-hybridized carbons (Fsp3) is 0.833.